The quantitative estimate of drug-likeness (QED) is 0.811. The van der Waals surface area contributed by atoms with Gasteiger partial charge in [0.25, 0.3) is 0 Å². The first kappa shape index (κ1) is 10.3. The van der Waals surface area contributed by atoms with Gasteiger partial charge in [0.1, 0.15) is 5.01 Å². The van der Waals surface area contributed by atoms with E-state index in [1.807, 2.05) is 14.0 Å². The minimum absolute atomic E-state index is 0.922. The molecule has 0 atom stereocenters. The lowest BCUT2D eigenvalue weighted by Crippen LogP contribution is -2.09. The molecule has 80 valence electrons. The van der Waals surface area contributed by atoms with E-state index in [1.165, 1.54) is 0 Å². The zero-order valence-corrected chi connectivity index (χ0v) is 9.56. The Hall–Kier alpha value is -1.27. The predicted octanol–water partition coefficient (Wildman–Crippen LogP) is 0.999. The van der Waals surface area contributed by atoms with Crippen LogP contribution < -0.4 is 5.32 Å². The Bertz CT molecular complexity index is 433. The number of aryl methyl sites for hydroxylation is 1. The SMILES string of the molecule is CNCCc1nnc(-c2cn[nH]c2C)s1. The van der Waals surface area contributed by atoms with Crippen molar-refractivity contribution in [3.8, 4) is 10.6 Å². The molecule has 0 amide bonds. The van der Waals surface area contributed by atoms with Gasteiger partial charge in [-0.2, -0.15) is 5.10 Å². The standard InChI is InChI=1S/C9H13N5S/c1-6-7(5-11-12-6)9-14-13-8(15-9)3-4-10-2/h5,10H,3-4H2,1-2H3,(H,11,12). The summed E-state index contributed by atoms with van der Waals surface area (Å²) in [6.07, 6.45) is 2.71. The Morgan fingerprint density at radius 1 is 1.47 bits per heavy atom. The van der Waals surface area contributed by atoms with Crippen molar-refractivity contribution < 1.29 is 0 Å². The highest BCUT2D eigenvalue weighted by atomic mass is 32.1. The normalized spacial score (nSPS) is 10.8. The molecule has 2 aromatic rings. The van der Waals surface area contributed by atoms with Crippen molar-refractivity contribution in [2.24, 2.45) is 0 Å². The first-order valence-electron chi connectivity index (χ1n) is 4.78. The number of aromatic amines is 1. The average Bonchev–Trinajstić information content (AvgIpc) is 2.83. The summed E-state index contributed by atoms with van der Waals surface area (Å²) in [6.45, 7) is 2.91. The number of hydrogen-bond donors (Lipinski definition) is 2. The van der Waals surface area contributed by atoms with Gasteiger partial charge in [-0.25, -0.2) is 0 Å². The smallest absolute Gasteiger partial charge is 0.151 e. The summed E-state index contributed by atoms with van der Waals surface area (Å²) in [6, 6.07) is 0. The topological polar surface area (TPSA) is 66.5 Å². The minimum Gasteiger partial charge on any atom is -0.319 e. The summed E-state index contributed by atoms with van der Waals surface area (Å²) in [5.41, 5.74) is 2.08. The second kappa shape index (κ2) is 4.50. The van der Waals surface area contributed by atoms with Crippen LogP contribution in [0.25, 0.3) is 10.6 Å². The first-order valence-corrected chi connectivity index (χ1v) is 5.60. The molecule has 2 heterocycles. The van der Waals surface area contributed by atoms with Crippen LogP contribution in [0, 0.1) is 6.92 Å². The Labute approximate surface area is 91.9 Å². The average molecular weight is 223 g/mol. The molecule has 0 radical (unpaired) electrons. The van der Waals surface area contributed by atoms with Gasteiger partial charge in [0.15, 0.2) is 5.01 Å². The summed E-state index contributed by atoms with van der Waals surface area (Å²) in [4.78, 5) is 0. The van der Waals surface area contributed by atoms with Gasteiger partial charge in [0, 0.05) is 18.7 Å². The van der Waals surface area contributed by atoms with E-state index < -0.39 is 0 Å². The maximum Gasteiger partial charge on any atom is 0.151 e. The second-order valence-corrected chi connectivity index (χ2v) is 4.33. The van der Waals surface area contributed by atoms with Gasteiger partial charge < -0.3 is 5.32 Å². The van der Waals surface area contributed by atoms with E-state index in [-0.39, 0.29) is 0 Å². The van der Waals surface area contributed by atoms with E-state index in [2.05, 4.69) is 25.7 Å². The van der Waals surface area contributed by atoms with Gasteiger partial charge >= 0.3 is 0 Å². The van der Waals surface area contributed by atoms with Gasteiger partial charge in [-0.1, -0.05) is 11.3 Å². The van der Waals surface area contributed by atoms with Crippen molar-refractivity contribution in [3.05, 3.63) is 16.9 Å². The van der Waals surface area contributed by atoms with Gasteiger partial charge in [-0.05, 0) is 14.0 Å². The molecule has 0 aliphatic heterocycles. The first-order chi connectivity index (χ1) is 7.31. The van der Waals surface area contributed by atoms with Gasteiger partial charge in [-0.3, -0.25) is 5.10 Å². The number of hydrogen-bond acceptors (Lipinski definition) is 5. The number of nitrogens with zero attached hydrogens (tertiary/aromatic N) is 3. The molecule has 0 aliphatic rings. The number of H-pyrrole nitrogens is 1. The maximum atomic E-state index is 4.15. The number of likely N-dealkylation sites (N-methyl/N-ethyl adjacent to an activating group) is 1. The van der Waals surface area contributed by atoms with Crippen molar-refractivity contribution in [1.82, 2.24) is 25.7 Å². The molecule has 2 rings (SSSR count). The Balaban J connectivity index is 2.17. The van der Waals surface area contributed by atoms with Crippen LogP contribution in [0.3, 0.4) is 0 Å². The molecule has 2 aromatic heterocycles. The highest BCUT2D eigenvalue weighted by molar-refractivity contribution is 7.14. The largest absolute Gasteiger partial charge is 0.319 e. The monoisotopic (exact) mass is 223 g/mol. The summed E-state index contributed by atoms with van der Waals surface area (Å²) in [7, 11) is 1.93. The molecule has 5 nitrogen and oxygen atoms in total. The zero-order chi connectivity index (χ0) is 10.7. The molecule has 0 aromatic carbocycles. The summed E-state index contributed by atoms with van der Waals surface area (Å²) >= 11 is 1.62. The Morgan fingerprint density at radius 2 is 2.33 bits per heavy atom. The van der Waals surface area contributed by atoms with Crippen LogP contribution in [0.5, 0.6) is 0 Å². The lowest BCUT2D eigenvalue weighted by Gasteiger charge is -1.92. The molecule has 0 spiro atoms. The summed E-state index contributed by atoms with van der Waals surface area (Å²) in [5.74, 6) is 0. The van der Waals surface area contributed by atoms with Crippen LogP contribution in [-0.2, 0) is 6.42 Å². The van der Waals surface area contributed by atoms with Crippen LogP contribution in [0.15, 0.2) is 6.20 Å². The molecular weight excluding hydrogens is 210 g/mol. The fraction of sp³-hybridized carbons (Fsp3) is 0.444. The van der Waals surface area contributed by atoms with Crippen molar-refractivity contribution in [2.45, 2.75) is 13.3 Å². The van der Waals surface area contributed by atoms with Crippen LogP contribution in [0.2, 0.25) is 0 Å². The molecule has 0 fully saturated rings. The minimum atomic E-state index is 0.922. The Kier molecular flexibility index (Phi) is 3.08. The van der Waals surface area contributed by atoms with Gasteiger partial charge in [0.2, 0.25) is 0 Å². The molecule has 0 unspecified atom stereocenters. The molecule has 0 saturated carbocycles. The van der Waals surface area contributed by atoms with Gasteiger partial charge in [0.05, 0.1) is 11.8 Å². The van der Waals surface area contributed by atoms with Gasteiger partial charge in [-0.15, -0.1) is 10.2 Å². The molecule has 2 N–H and O–H groups in total. The van der Waals surface area contributed by atoms with E-state index >= 15 is 0 Å². The molecular formula is C9H13N5S. The lowest BCUT2D eigenvalue weighted by molar-refractivity contribution is 0.779. The van der Waals surface area contributed by atoms with E-state index in [0.29, 0.717) is 0 Å². The summed E-state index contributed by atoms with van der Waals surface area (Å²) in [5, 5.41) is 20.2. The van der Waals surface area contributed by atoms with Crippen molar-refractivity contribution in [1.29, 1.82) is 0 Å². The molecule has 15 heavy (non-hydrogen) atoms. The highest BCUT2D eigenvalue weighted by Crippen LogP contribution is 2.24. The third-order valence-electron chi connectivity index (χ3n) is 2.12. The second-order valence-electron chi connectivity index (χ2n) is 3.26. The van der Waals surface area contributed by atoms with E-state index in [0.717, 1.165) is 34.2 Å². The van der Waals surface area contributed by atoms with Crippen LogP contribution in [0.1, 0.15) is 10.7 Å². The number of aromatic nitrogens is 4. The van der Waals surface area contributed by atoms with Crippen molar-refractivity contribution in [3.63, 3.8) is 0 Å². The Morgan fingerprint density at radius 3 is 3.00 bits per heavy atom. The molecule has 0 saturated heterocycles. The van der Waals surface area contributed by atoms with Crippen molar-refractivity contribution in [2.75, 3.05) is 13.6 Å². The zero-order valence-electron chi connectivity index (χ0n) is 8.74. The van der Waals surface area contributed by atoms with E-state index in [4.69, 9.17) is 0 Å². The van der Waals surface area contributed by atoms with E-state index in [1.54, 1.807) is 17.5 Å². The van der Waals surface area contributed by atoms with Crippen LogP contribution in [0.4, 0.5) is 0 Å². The third kappa shape index (κ3) is 2.21. The van der Waals surface area contributed by atoms with Crippen LogP contribution in [-0.4, -0.2) is 34.0 Å². The highest BCUT2D eigenvalue weighted by Gasteiger charge is 2.09. The molecule has 0 aliphatic carbocycles. The van der Waals surface area contributed by atoms with Crippen LogP contribution >= 0.6 is 11.3 Å². The number of rotatable bonds is 4. The fourth-order valence-electron chi connectivity index (χ4n) is 1.26. The predicted molar refractivity (Wildman–Crippen MR) is 59.9 cm³/mol. The molecule has 0 bridgehead atoms. The lowest BCUT2D eigenvalue weighted by atomic mass is 10.3. The molecule has 6 heteroatoms. The fourth-order valence-corrected chi connectivity index (χ4v) is 2.17. The van der Waals surface area contributed by atoms with E-state index in [9.17, 15) is 0 Å². The maximum absolute atomic E-state index is 4.15. The third-order valence-corrected chi connectivity index (χ3v) is 3.13. The number of nitrogens with one attached hydrogen (secondary N) is 2. The summed E-state index contributed by atoms with van der Waals surface area (Å²) < 4.78 is 0. The van der Waals surface area contributed by atoms with Crippen molar-refractivity contribution >= 4 is 11.3 Å².